The minimum Gasteiger partial charge on any atom is -0.366 e. The second-order valence-electron chi connectivity index (χ2n) is 5.83. The van der Waals surface area contributed by atoms with Gasteiger partial charge in [-0.05, 0) is 24.3 Å². The zero-order valence-electron chi connectivity index (χ0n) is 11.2. The van der Waals surface area contributed by atoms with Crippen molar-refractivity contribution in [2.75, 3.05) is 0 Å². The molecule has 0 radical (unpaired) electrons. The molecule has 1 aliphatic rings. The van der Waals surface area contributed by atoms with Crippen molar-refractivity contribution in [3.63, 3.8) is 0 Å². The first-order valence-electron chi connectivity index (χ1n) is 6.59. The lowest BCUT2D eigenvalue weighted by Crippen LogP contribution is -2.43. The third kappa shape index (κ3) is 3.12. The van der Waals surface area contributed by atoms with Crippen LogP contribution in [-0.2, 0) is 6.54 Å². The number of carbonyl (C=O) groups is 1. The van der Waals surface area contributed by atoms with E-state index >= 15 is 0 Å². The second-order valence-corrected chi connectivity index (χ2v) is 6.83. The van der Waals surface area contributed by atoms with Crippen LogP contribution in [0.2, 0.25) is 0 Å². The van der Waals surface area contributed by atoms with Gasteiger partial charge in [-0.15, -0.1) is 11.3 Å². The summed E-state index contributed by atoms with van der Waals surface area (Å²) in [6.07, 6.45) is 5.21. The van der Waals surface area contributed by atoms with E-state index < -0.39 is 0 Å². The zero-order chi connectivity index (χ0) is 13.2. The lowest BCUT2D eigenvalue weighted by Gasteiger charge is -2.39. The Balaban J connectivity index is 1.92. The number of primary amides is 1. The molecule has 0 bridgehead atoms. The van der Waals surface area contributed by atoms with Gasteiger partial charge < -0.3 is 11.1 Å². The molecule has 0 aromatic carbocycles. The Morgan fingerprint density at radius 3 is 2.94 bits per heavy atom. The summed E-state index contributed by atoms with van der Waals surface area (Å²) < 4.78 is 0. The molecule has 1 unspecified atom stereocenters. The molecule has 4 heteroatoms. The number of hydrogen-bond donors (Lipinski definition) is 2. The Morgan fingerprint density at radius 1 is 1.56 bits per heavy atom. The molecule has 100 valence electrons. The van der Waals surface area contributed by atoms with Gasteiger partial charge in [0.1, 0.15) is 0 Å². The molecule has 1 aromatic heterocycles. The molecule has 1 aromatic rings. The normalized spacial score (nSPS) is 22.9. The van der Waals surface area contributed by atoms with Crippen LogP contribution in [0.4, 0.5) is 0 Å². The number of nitrogens with two attached hydrogens (primary N) is 1. The van der Waals surface area contributed by atoms with Crippen LogP contribution in [0, 0.1) is 5.41 Å². The molecule has 0 aliphatic heterocycles. The zero-order valence-corrected chi connectivity index (χ0v) is 12.0. The Kier molecular flexibility index (Phi) is 4.07. The van der Waals surface area contributed by atoms with Gasteiger partial charge >= 0.3 is 0 Å². The van der Waals surface area contributed by atoms with Crippen molar-refractivity contribution in [2.24, 2.45) is 11.1 Å². The molecule has 0 spiro atoms. The summed E-state index contributed by atoms with van der Waals surface area (Å²) in [5.74, 6) is -0.338. The van der Waals surface area contributed by atoms with Gasteiger partial charge in [0.25, 0.3) is 0 Å². The molecule has 1 fully saturated rings. The SMILES string of the molecule is CC1(C)CCCCC1NCc1cc(C(N)=O)cs1. The number of rotatable bonds is 4. The molecule has 1 saturated carbocycles. The van der Waals surface area contributed by atoms with E-state index in [1.807, 2.05) is 11.4 Å². The van der Waals surface area contributed by atoms with E-state index in [0.717, 1.165) is 6.54 Å². The molecule has 1 amide bonds. The molecule has 1 heterocycles. The first kappa shape index (κ1) is 13.6. The Labute approximate surface area is 113 Å². The number of thiophene rings is 1. The van der Waals surface area contributed by atoms with Gasteiger partial charge in [-0.1, -0.05) is 26.7 Å². The van der Waals surface area contributed by atoms with E-state index in [2.05, 4.69) is 19.2 Å². The number of nitrogens with one attached hydrogen (secondary N) is 1. The van der Waals surface area contributed by atoms with Crippen LogP contribution in [0.3, 0.4) is 0 Å². The molecular weight excluding hydrogens is 244 g/mol. The Morgan fingerprint density at radius 2 is 2.33 bits per heavy atom. The van der Waals surface area contributed by atoms with Crippen molar-refractivity contribution < 1.29 is 4.79 Å². The minimum atomic E-state index is -0.338. The van der Waals surface area contributed by atoms with Gasteiger partial charge in [-0.25, -0.2) is 0 Å². The fourth-order valence-electron chi connectivity index (χ4n) is 2.70. The first-order chi connectivity index (χ1) is 8.49. The number of carbonyl (C=O) groups excluding carboxylic acids is 1. The maximum atomic E-state index is 11.0. The average Bonchev–Trinajstić information content (AvgIpc) is 2.76. The molecule has 18 heavy (non-hydrogen) atoms. The highest BCUT2D eigenvalue weighted by molar-refractivity contribution is 7.10. The highest BCUT2D eigenvalue weighted by Gasteiger charge is 2.31. The highest BCUT2D eigenvalue weighted by Crippen LogP contribution is 2.35. The van der Waals surface area contributed by atoms with Crippen molar-refractivity contribution in [1.82, 2.24) is 5.32 Å². The lowest BCUT2D eigenvalue weighted by molar-refractivity contribution is 0.100. The monoisotopic (exact) mass is 266 g/mol. The van der Waals surface area contributed by atoms with Crippen LogP contribution in [0.5, 0.6) is 0 Å². The molecule has 1 atom stereocenters. The summed E-state index contributed by atoms with van der Waals surface area (Å²) in [5.41, 5.74) is 6.26. The van der Waals surface area contributed by atoms with E-state index in [-0.39, 0.29) is 5.91 Å². The lowest BCUT2D eigenvalue weighted by atomic mass is 9.73. The smallest absolute Gasteiger partial charge is 0.249 e. The van der Waals surface area contributed by atoms with E-state index in [1.165, 1.54) is 30.6 Å². The third-order valence-electron chi connectivity index (χ3n) is 3.97. The second kappa shape index (κ2) is 5.41. The fraction of sp³-hybridized carbons (Fsp3) is 0.643. The topological polar surface area (TPSA) is 55.1 Å². The molecular formula is C14H22N2OS. The van der Waals surface area contributed by atoms with Crippen LogP contribution in [0.15, 0.2) is 11.4 Å². The Bertz CT molecular complexity index is 425. The molecule has 3 nitrogen and oxygen atoms in total. The van der Waals surface area contributed by atoms with Crippen LogP contribution < -0.4 is 11.1 Å². The standard InChI is InChI=1S/C14H22N2OS/c1-14(2)6-4-3-5-12(14)16-8-11-7-10(9-18-11)13(15)17/h7,9,12,16H,3-6,8H2,1-2H3,(H2,15,17). The van der Waals surface area contributed by atoms with Crippen molar-refractivity contribution in [2.45, 2.75) is 52.1 Å². The van der Waals surface area contributed by atoms with Crippen molar-refractivity contribution >= 4 is 17.2 Å². The molecule has 1 aliphatic carbocycles. The summed E-state index contributed by atoms with van der Waals surface area (Å²) in [6, 6.07) is 2.47. The summed E-state index contributed by atoms with van der Waals surface area (Å²) >= 11 is 1.60. The predicted molar refractivity (Wildman–Crippen MR) is 75.7 cm³/mol. The summed E-state index contributed by atoms with van der Waals surface area (Å²) in [7, 11) is 0. The van der Waals surface area contributed by atoms with Crippen molar-refractivity contribution in [3.8, 4) is 0 Å². The largest absolute Gasteiger partial charge is 0.366 e. The predicted octanol–water partition coefficient (Wildman–Crippen LogP) is 2.91. The fourth-order valence-corrected chi connectivity index (χ4v) is 3.52. The van der Waals surface area contributed by atoms with Gasteiger partial charge in [0, 0.05) is 22.8 Å². The van der Waals surface area contributed by atoms with E-state index in [0.29, 0.717) is 17.0 Å². The van der Waals surface area contributed by atoms with Crippen LogP contribution >= 0.6 is 11.3 Å². The maximum absolute atomic E-state index is 11.0. The summed E-state index contributed by atoms with van der Waals surface area (Å²) in [5, 5.41) is 5.48. The Hall–Kier alpha value is -0.870. The van der Waals surface area contributed by atoms with E-state index in [4.69, 9.17) is 5.73 Å². The van der Waals surface area contributed by atoms with Crippen molar-refractivity contribution in [1.29, 1.82) is 0 Å². The highest BCUT2D eigenvalue weighted by atomic mass is 32.1. The minimum absolute atomic E-state index is 0.338. The van der Waals surface area contributed by atoms with Gasteiger partial charge in [0.2, 0.25) is 5.91 Å². The quantitative estimate of drug-likeness (QED) is 0.880. The van der Waals surface area contributed by atoms with E-state index in [9.17, 15) is 4.79 Å². The molecule has 2 rings (SSSR count). The van der Waals surface area contributed by atoms with Gasteiger partial charge in [-0.2, -0.15) is 0 Å². The summed E-state index contributed by atoms with van der Waals surface area (Å²) in [6.45, 7) is 5.52. The van der Waals surface area contributed by atoms with Gasteiger partial charge in [0.15, 0.2) is 0 Å². The van der Waals surface area contributed by atoms with Crippen LogP contribution in [-0.4, -0.2) is 11.9 Å². The third-order valence-corrected chi connectivity index (χ3v) is 4.90. The summed E-state index contributed by atoms with van der Waals surface area (Å²) in [4.78, 5) is 12.2. The average molecular weight is 266 g/mol. The number of amides is 1. The van der Waals surface area contributed by atoms with E-state index in [1.54, 1.807) is 11.3 Å². The van der Waals surface area contributed by atoms with Crippen molar-refractivity contribution in [3.05, 3.63) is 21.9 Å². The van der Waals surface area contributed by atoms with Gasteiger partial charge in [-0.3, -0.25) is 4.79 Å². The molecule has 3 N–H and O–H groups in total. The number of hydrogen-bond acceptors (Lipinski definition) is 3. The van der Waals surface area contributed by atoms with Crippen LogP contribution in [0.1, 0.15) is 54.8 Å². The molecule has 0 saturated heterocycles. The maximum Gasteiger partial charge on any atom is 0.249 e. The van der Waals surface area contributed by atoms with Crippen LogP contribution in [0.25, 0.3) is 0 Å². The van der Waals surface area contributed by atoms with Gasteiger partial charge in [0.05, 0.1) is 5.56 Å². The first-order valence-corrected chi connectivity index (χ1v) is 7.47.